The van der Waals surface area contributed by atoms with Gasteiger partial charge < -0.3 is 14.8 Å². The van der Waals surface area contributed by atoms with E-state index in [1.54, 1.807) is 6.92 Å². The SMILES string of the molecule is CCOC(=O)c1c(-c2ccccc2)csc1NC(=O)CN1CCOCC1. The minimum Gasteiger partial charge on any atom is -0.462 e. The number of rotatable bonds is 6. The minimum absolute atomic E-state index is 0.140. The number of nitrogens with zero attached hydrogens (tertiary/aromatic N) is 1. The Bertz CT molecular complexity index is 754. The molecule has 1 aromatic carbocycles. The van der Waals surface area contributed by atoms with Crippen molar-refractivity contribution in [3.05, 3.63) is 41.3 Å². The lowest BCUT2D eigenvalue weighted by Gasteiger charge is -2.25. The van der Waals surface area contributed by atoms with Gasteiger partial charge in [0.05, 0.1) is 26.4 Å². The normalized spacial score (nSPS) is 14.8. The van der Waals surface area contributed by atoms with Gasteiger partial charge in [-0.15, -0.1) is 11.3 Å². The van der Waals surface area contributed by atoms with Crippen molar-refractivity contribution in [1.82, 2.24) is 4.90 Å². The Kier molecular flexibility index (Phi) is 6.38. The van der Waals surface area contributed by atoms with Crippen molar-refractivity contribution in [2.75, 3.05) is 44.8 Å². The highest BCUT2D eigenvalue weighted by molar-refractivity contribution is 7.15. The van der Waals surface area contributed by atoms with Crippen LogP contribution in [-0.4, -0.2) is 56.2 Å². The smallest absolute Gasteiger partial charge is 0.341 e. The summed E-state index contributed by atoms with van der Waals surface area (Å²) < 4.78 is 10.5. The number of benzene rings is 1. The van der Waals surface area contributed by atoms with Crippen molar-refractivity contribution in [3.8, 4) is 11.1 Å². The monoisotopic (exact) mass is 374 g/mol. The third-order valence-electron chi connectivity index (χ3n) is 4.08. The van der Waals surface area contributed by atoms with Gasteiger partial charge in [-0.2, -0.15) is 0 Å². The van der Waals surface area contributed by atoms with Crippen molar-refractivity contribution in [1.29, 1.82) is 0 Å². The van der Waals surface area contributed by atoms with Gasteiger partial charge >= 0.3 is 5.97 Å². The van der Waals surface area contributed by atoms with Gasteiger partial charge in [-0.3, -0.25) is 9.69 Å². The Morgan fingerprint density at radius 1 is 1.23 bits per heavy atom. The molecule has 1 amide bonds. The topological polar surface area (TPSA) is 67.9 Å². The van der Waals surface area contributed by atoms with Crippen molar-refractivity contribution in [2.24, 2.45) is 0 Å². The van der Waals surface area contributed by atoms with E-state index in [0.29, 0.717) is 23.8 Å². The van der Waals surface area contributed by atoms with Gasteiger partial charge in [0.15, 0.2) is 0 Å². The first-order valence-electron chi connectivity index (χ1n) is 8.63. The zero-order chi connectivity index (χ0) is 18.4. The van der Waals surface area contributed by atoms with Gasteiger partial charge in [0.1, 0.15) is 10.6 Å². The fraction of sp³-hybridized carbons (Fsp3) is 0.368. The Morgan fingerprint density at radius 3 is 2.65 bits per heavy atom. The van der Waals surface area contributed by atoms with Crippen LogP contribution in [0.4, 0.5) is 5.00 Å². The maximum absolute atomic E-state index is 12.5. The average molecular weight is 374 g/mol. The molecule has 7 heteroatoms. The van der Waals surface area contributed by atoms with Crippen LogP contribution < -0.4 is 5.32 Å². The summed E-state index contributed by atoms with van der Waals surface area (Å²) in [7, 11) is 0. The molecule has 3 rings (SSSR count). The summed E-state index contributed by atoms with van der Waals surface area (Å²) in [6.07, 6.45) is 0. The predicted molar refractivity (Wildman–Crippen MR) is 102 cm³/mol. The first-order valence-corrected chi connectivity index (χ1v) is 9.51. The van der Waals surface area contributed by atoms with Crippen LogP contribution in [0, 0.1) is 0 Å². The number of hydrogen-bond donors (Lipinski definition) is 1. The third-order valence-corrected chi connectivity index (χ3v) is 4.97. The average Bonchev–Trinajstić information content (AvgIpc) is 3.07. The standard InChI is InChI=1S/C19H22N2O4S/c1-2-25-19(23)17-15(14-6-4-3-5-7-14)13-26-18(17)20-16(22)12-21-8-10-24-11-9-21/h3-7,13H,2,8-12H2,1H3,(H,20,22). The Morgan fingerprint density at radius 2 is 1.96 bits per heavy atom. The van der Waals surface area contributed by atoms with E-state index in [4.69, 9.17) is 9.47 Å². The molecule has 2 aromatic rings. The predicted octanol–water partition coefficient (Wildman–Crippen LogP) is 2.86. The second-order valence-electron chi connectivity index (χ2n) is 5.88. The maximum atomic E-state index is 12.5. The molecule has 0 aliphatic carbocycles. The largest absolute Gasteiger partial charge is 0.462 e. The molecule has 1 N–H and O–H groups in total. The van der Waals surface area contributed by atoms with Crippen molar-refractivity contribution in [2.45, 2.75) is 6.92 Å². The van der Waals surface area contributed by atoms with E-state index in [9.17, 15) is 9.59 Å². The lowest BCUT2D eigenvalue weighted by atomic mass is 10.0. The molecule has 0 bridgehead atoms. The molecule has 138 valence electrons. The van der Waals surface area contributed by atoms with Crippen LogP contribution >= 0.6 is 11.3 Å². The van der Waals surface area contributed by atoms with Crippen molar-refractivity contribution >= 4 is 28.2 Å². The summed E-state index contributed by atoms with van der Waals surface area (Å²) >= 11 is 1.34. The molecule has 26 heavy (non-hydrogen) atoms. The number of carbonyl (C=O) groups excluding carboxylic acids is 2. The summed E-state index contributed by atoms with van der Waals surface area (Å²) in [5, 5.41) is 5.29. The van der Waals surface area contributed by atoms with Crippen molar-refractivity contribution < 1.29 is 19.1 Å². The quantitative estimate of drug-likeness (QED) is 0.788. The second kappa shape index (κ2) is 8.93. The zero-order valence-corrected chi connectivity index (χ0v) is 15.5. The van der Waals surface area contributed by atoms with E-state index < -0.39 is 5.97 Å². The third kappa shape index (κ3) is 4.49. The van der Waals surface area contributed by atoms with E-state index >= 15 is 0 Å². The number of anilines is 1. The molecule has 1 saturated heterocycles. The minimum atomic E-state index is -0.422. The van der Waals surface area contributed by atoms with E-state index in [1.165, 1.54) is 11.3 Å². The molecule has 1 aliphatic heterocycles. The second-order valence-corrected chi connectivity index (χ2v) is 6.76. The molecule has 1 aliphatic rings. The lowest BCUT2D eigenvalue weighted by Crippen LogP contribution is -2.41. The molecule has 2 heterocycles. The fourth-order valence-electron chi connectivity index (χ4n) is 2.81. The molecule has 0 atom stereocenters. The lowest BCUT2D eigenvalue weighted by molar-refractivity contribution is -0.118. The van der Waals surface area contributed by atoms with Crippen LogP contribution in [0.5, 0.6) is 0 Å². The van der Waals surface area contributed by atoms with E-state index in [0.717, 1.165) is 24.2 Å². The molecule has 1 fully saturated rings. The van der Waals surface area contributed by atoms with Gasteiger partial charge in [0.2, 0.25) is 5.91 Å². The summed E-state index contributed by atoms with van der Waals surface area (Å²) in [4.78, 5) is 27.0. The van der Waals surface area contributed by atoms with Gasteiger partial charge in [-0.25, -0.2) is 4.79 Å². The molecule has 0 radical (unpaired) electrons. The van der Waals surface area contributed by atoms with E-state index in [1.807, 2.05) is 40.6 Å². The number of nitrogens with one attached hydrogen (secondary N) is 1. The number of carbonyl (C=O) groups is 2. The van der Waals surface area contributed by atoms with Gasteiger partial charge in [-0.1, -0.05) is 30.3 Å². The number of amides is 1. The van der Waals surface area contributed by atoms with Gasteiger partial charge in [0, 0.05) is 24.0 Å². The summed E-state index contributed by atoms with van der Waals surface area (Å²) in [5.74, 6) is -0.562. The highest BCUT2D eigenvalue weighted by Crippen LogP contribution is 2.36. The molecular weight excluding hydrogens is 352 g/mol. The summed E-state index contributed by atoms with van der Waals surface area (Å²) in [5.41, 5.74) is 2.11. The first kappa shape index (κ1) is 18.6. The van der Waals surface area contributed by atoms with Crippen LogP contribution in [0.25, 0.3) is 11.1 Å². The molecule has 0 saturated carbocycles. The number of ether oxygens (including phenoxy) is 2. The van der Waals surface area contributed by atoms with Gasteiger partial charge in [0.25, 0.3) is 0 Å². The molecule has 0 unspecified atom stereocenters. The maximum Gasteiger partial charge on any atom is 0.341 e. The number of hydrogen-bond acceptors (Lipinski definition) is 6. The van der Waals surface area contributed by atoms with Crippen LogP contribution in [0.1, 0.15) is 17.3 Å². The zero-order valence-electron chi connectivity index (χ0n) is 14.7. The van der Waals surface area contributed by atoms with E-state index in [-0.39, 0.29) is 19.1 Å². The van der Waals surface area contributed by atoms with Crippen LogP contribution in [0.3, 0.4) is 0 Å². The Labute approximate surface area is 156 Å². The fourth-order valence-corrected chi connectivity index (χ4v) is 3.79. The van der Waals surface area contributed by atoms with Crippen LogP contribution in [-0.2, 0) is 14.3 Å². The molecule has 6 nitrogen and oxygen atoms in total. The molecule has 0 spiro atoms. The summed E-state index contributed by atoms with van der Waals surface area (Å²) in [6, 6.07) is 9.62. The van der Waals surface area contributed by atoms with Crippen LogP contribution in [0.15, 0.2) is 35.7 Å². The van der Waals surface area contributed by atoms with E-state index in [2.05, 4.69) is 5.32 Å². The Balaban J connectivity index is 1.80. The van der Waals surface area contributed by atoms with Crippen LogP contribution in [0.2, 0.25) is 0 Å². The highest BCUT2D eigenvalue weighted by Gasteiger charge is 2.23. The number of esters is 1. The first-order chi connectivity index (χ1) is 12.7. The molecule has 1 aromatic heterocycles. The molecular formula is C19H22N2O4S. The van der Waals surface area contributed by atoms with Gasteiger partial charge in [-0.05, 0) is 12.5 Å². The Hall–Kier alpha value is -2.22. The highest BCUT2D eigenvalue weighted by atomic mass is 32.1. The van der Waals surface area contributed by atoms with Crippen molar-refractivity contribution in [3.63, 3.8) is 0 Å². The number of thiophene rings is 1. The number of morpholine rings is 1. The summed E-state index contributed by atoms with van der Waals surface area (Å²) in [6.45, 7) is 5.07.